The molecule has 0 radical (unpaired) electrons. The molecular formula is C14H21ClN2O. The van der Waals surface area contributed by atoms with Gasteiger partial charge >= 0.3 is 0 Å². The number of rotatable bonds is 1. The fraction of sp³-hybridized carbons (Fsp3) is 0.500. The molecule has 0 aliphatic carbocycles. The van der Waals surface area contributed by atoms with Crippen molar-refractivity contribution in [2.45, 2.75) is 20.8 Å². The zero-order chi connectivity index (χ0) is 12.4. The number of piperazine rings is 1. The van der Waals surface area contributed by atoms with E-state index in [0.29, 0.717) is 0 Å². The van der Waals surface area contributed by atoms with Crippen molar-refractivity contribution in [1.29, 1.82) is 0 Å². The lowest BCUT2D eigenvalue weighted by Crippen LogP contribution is -2.46. The molecule has 3 nitrogen and oxygen atoms in total. The molecule has 0 atom stereocenters. The number of hydrogen-bond donors (Lipinski definition) is 1. The maximum absolute atomic E-state index is 12.5. The molecule has 1 aliphatic heterocycles. The van der Waals surface area contributed by atoms with Crippen molar-refractivity contribution in [2.24, 2.45) is 0 Å². The monoisotopic (exact) mass is 268 g/mol. The molecule has 0 spiro atoms. The van der Waals surface area contributed by atoms with Crippen molar-refractivity contribution in [3.63, 3.8) is 0 Å². The quantitative estimate of drug-likeness (QED) is 0.846. The second-order valence-corrected chi connectivity index (χ2v) is 4.82. The number of amides is 1. The third kappa shape index (κ3) is 3.03. The largest absolute Gasteiger partial charge is 0.336 e. The number of hydrogen-bond acceptors (Lipinski definition) is 2. The number of nitrogens with zero attached hydrogens (tertiary/aromatic N) is 1. The number of halogens is 1. The zero-order valence-corrected chi connectivity index (χ0v) is 12.1. The van der Waals surface area contributed by atoms with E-state index in [1.807, 2.05) is 18.7 Å². The van der Waals surface area contributed by atoms with Gasteiger partial charge < -0.3 is 10.2 Å². The van der Waals surface area contributed by atoms with Crippen molar-refractivity contribution >= 4 is 18.3 Å². The summed E-state index contributed by atoms with van der Waals surface area (Å²) >= 11 is 0. The minimum absolute atomic E-state index is 0. The zero-order valence-electron chi connectivity index (χ0n) is 11.2. The van der Waals surface area contributed by atoms with Crippen LogP contribution in [0.25, 0.3) is 0 Å². The second-order valence-electron chi connectivity index (χ2n) is 4.82. The highest BCUT2D eigenvalue weighted by atomic mass is 35.5. The van der Waals surface area contributed by atoms with E-state index in [2.05, 4.69) is 24.4 Å². The van der Waals surface area contributed by atoms with Crippen molar-refractivity contribution in [3.8, 4) is 0 Å². The molecule has 1 amide bonds. The third-order valence-electron chi connectivity index (χ3n) is 3.30. The molecule has 1 fully saturated rings. The first-order chi connectivity index (χ1) is 8.09. The van der Waals surface area contributed by atoms with Gasteiger partial charge in [-0.05, 0) is 31.9 Å². The molecule has 0 unspecified atom stereocenters. The van der Waals surface area contributed by atoms with Crippen LogP contribution >= 0.6 is 12.4 Å². The molecule has 2 rings (SSSR count). The van der Waals surface area contributed by atoms with Gasteiger partial charge in [0, 0.05) is 31.7 Å². The number of nitrogens with one attached hydrogen (secondary N) is 1. The summed E-state index contributed by atoms with van der Waals surface area (Å²) < 4.78 is 0. The van der Waals surface area contributed by atoms with E-state index in [0.717, 1.165) is 42.9 Å². The Labute approximate surface area is 115 Å². The summed E-state index contributed by atoms with van der Waals surface area (Å²) in [6, 6.07) is 4.17. The summed E-state index contributed by atoms with van der Waals surface area (Å²) in [5.74, 6) is 0.182. The van der Waals surface area contributed by atoms with Crippen LogP contribution in [0.1, 0.15) is 27.0 Å². The SMILES string of the molecule is Cc1cc(C)c(C(=O)N2CCNCC2)c(C)c1.Cl. The Hall–Kier alpha value is -1.06. The molecule has 1 aromatic rings. The lowest BCUT2D eigenvalue weighted by Gasteiger charge is -2.28. The summed E-state index contributed by atoms with van der Waals surface area (Å²) in [6.07, 6.45) is 0. The Kier molecular flexibility index (Phi) is 5.17. The van der Waals surface area contributed by atoms with E-state index in [4.69, 9.17) is 0 Å². The minimum Gasteiger partial charge on any atom is -0.336 e. The minimum atomic E-state index is 0. The van der Waals surface area contributed by atoms with Crippen LogP contribution < -0.4 is 5.32 Å². The Morgan fingerprint density at radius 1 is 1.11 bits per heavy atom. The summed E-state index contributed by atoms with van der Waals surface area (Å²) in [5.41, 5.74) is 4.28. The topological polar surface area (TPSA) is 32.3 Å². The number of carbonyl (C=O) groups excluding carboxylic acids is 1. The number of carbonyl (C=O) groups is 1. The maximum atomic E-state index is 12.5. The lowest BCUT2D eigenvalue weighted by molar-refractivity contribution is 0.0734. The van der Waals surface area contributed by atoms with Gasteiger partial charge in [0.25, 0.3) is 5.91 Å². The van der Waals surface area contributed by atoms with Gasteiger partial charge in [-0.2, -0.15) is 0 Å². The van der Waals surface area contributed by atoms with Gasteiger partial charge in [0.05, 0.1) is 0 Å². The van der Waals surface area contributed by atoms with Crippen LogP contribution in [-0.2, 0) is 0 Å². The Morgan fingerprint density at radius 3 is 2.11 bits per heavy atom. The maximum Gasteiger partial charge on any atom is 0.254 e. The van der Waals surface area contributed by atoms with E-state index in [-0.39, 0.29) is 18.3 Å². The molecule has 1 N–H and O–H groups in total. The van der Waals surface area contributed by atoms with Crippen molar-refractivity contribution in [1.82, 2.24) is 10.2 Å². The van der Waals surface area contributed by atoms with Gasteiger partial charge in [-0.1, -0.05) is 17.7 Å². The molecule has 18 heavy (non-hydrogen) atoms. The van der Waals surface area contributed by atoms with E-state index >= 15 is 0 Å². The van der Waals surface area contributed by atoms with E-state index in [9.17, 15) is 4.79 Å². The van der Waals surface area contributed by atoms with Gasteiger partial charge in [0.2, 0.25) is 0 Å². The van der Waals surface area contributed by atoms with Gasteiger partial charge in [-0.3, -0.25) is 4.79 Å². The molecule has 1 aliphatic rings. The highest BCUT2D eigenvalue weighted by molar-refractivity contribution is 5.97. The van der Waals surface area contributed by atoms with Crippen LogP contribution in [0.3, 0.4) is 0 Å². The summed E-state index contributed by atoms with van der Waals surface area (Å²) in [6.45, 7) is 9.53. The highest BCUT2D eigenvalue weighted by Gasteiger charge is 2.21. The van der Waals surface area contributed by atoms with Crippen LogP contribution in [0.5, 0.6) is 0 Å². The Balaban J connectivity index is 0.00000162. The third-order valence-corrected chi connectivity index (χ3v) is 3.30. The lowest BCUT2D eigenvalue weighted by atomic mass is 9.98. The Morgan fingerprint density at radius 2 is 1.61 bits per heavy atom. The summed E-state index contributed by atoms with van der Waals surface area (Å²) in [4.78, 5) is 14.4. The van der Waals surface area contributed by atoms with Crippen LogP contribution in [0.15, 0.2) is 12.1 Å². The van der Waals surface area contributed by atoms with Crippen molar-refractivity contribution in [2.75, 3.05) is 26.2 Å². The molecule has 1 aromatic carbocycles. The van der Waals surface area contributed by atoms with E-state index in [1.54, 1.807) is 0 Å². The molecule has 0 saturated carbocycles. The normalized spacial score (nSPS) is 15.2. The predicted octanol–water partition coefficient (Wildman–Crippen LogP) is 2.08. The first-order valence-corrected chi connectivity index (χ1v) is 6.17. The molecule has 1 saturated heterocycles. The van der Waals surface area contributed by atoms with Crippen molar-refractivity contribution in [3.05, 3.63) is 34.4 Å². The predicted molar refractivity (Wildman–Crippen MR) is 76.7 cm³/mol. The smallest absolute Gasteiger partial charge is 0.254 e. The molecule has 100 valence electrons. The number of benzene rings is 1. The highest BCUT2D eigenvalue weighted by Crippen LogP contribution is 2.18. The molecule has 1 heterocycles. The van der Waals surface area contributed by atoms with Gasteiger partial charge in [0.15, 0.2) is 0 Å². The van der Waals surface area contributed by atoms with Crippen LogP contribution in [0.2, 0.25) is 0 Å². The van der Waals surface area contributed by atoms with E-state index in [1.165, 1.54) is 5.56 Å². The molecule has 4 heteroatoms. The van der Waals surface area contributed by atoms with Gasteiger partial charge in [-0.25, -0.2) is 0 Å². The first-order valence-electron chi connectivity index (χ1n) is 6.17. The molecular weight excluding hydrogens is 248 g/mol. The van der Waals surface area contributed by atoms with Crippen molar-refractivity contribution < 1.29 is 4.79 Å². The fourth-order valence-electron chi connectivity index (χ4n) is 2.54. The molecule has 0 bridgehead atoms. The average molecular weight is 269 g/mol. The number of aryl methyl sites for hydroxylation is 3. The van der Waals surface area contributed by atoms with Gasteiger partial charge in [0.1, 0.15) is 0 Å². The van der Waals surface area contributed by atoms with Gasteiger partial charge in [-0.15, -0.1) is 12.4 Å². The van der Waals surface area contributed by atoms with Crippen LogP contribution in [0.4, 0.5) is 0 Å². The molecule has 0 aromatic heterocycles. The first kappa shape index (κ1) is 15.0. The fourth-order valence-corrected chi connectivity index (χ4v) is 2.54. The van der Waals surface area contributed by atoms with Crippen LogP contribution in [-0.4, -0.2) is 37.0 Å². The summed E-state index contributed by atoms with van der Waals surface area (Å²) in [5, 5.41) is 3.27. The van der Waals surface area contributed by atoms with Crippen LogP contribution in [0, 0.1) is 20.8 Å². The second kappa shape index (κ2) is 6.21. The van der Waals surface area contributed by atoms with E-state index < -0.39 is 0 Å². The summed E-state index contributed by atoms with van der Waals surface area (Å²) in [7, 11) is 0. The standard InChI is InChI=1S/C14H20N2O.ClH/c1-10-8-11(2)13(12(3)9-10)14(17)16-6-4-15-5-7-16;/h8-9,15H,4-7H2,1-3H3;1H. The Bertz CT molecular complexity index is 416. The average Bonchev–Trinajstić information content (AvgIpc) is 2.28.